The average Bonchev–Trinajstić information content (AvgIpc) is 2.54. The number of benzene rings is 1. The molecule has 0 unspecified atom stereocenters. The van der Waals surface area contributed by atoms with Gasteiger partial charge in [-0.05, 0) is 50.4 Å². The van der Waals surface area contributed by atoms with Gasteiger partial charge in [-0.1, -0.05) is 15.9 Å². The predicted molar refractivity (Wildman–Crippen MR) is 105 cm³/mol. The first kappa shape index (κ1) is 29.1. The van der Waals surface area contributed by atoms with Crippen LogP contribution in [0.25, 0.3) is 0 Å². The van der Waals surface area contributed by atoms with E-state index in [0.29, 0.717) is 13.4 Å². The summed E-state index contributed by atoms with van der Waals surface area (Å²) in [4.78, 5) is 23.5. The standard InChI is InChI=1S/C15H11Br3F6O7S/c16-7-4-8(17)12(9(18)5-7)30-10(25)2-1-3-11(26)31-13(14(19,20)21,15(22,23)24)6-32(27,28)29/h4-5H,1-3,6H2,(H,27,28,29)/p-1. The van der Waals surface area contributed by atoms with Crippen LogP contribution in [-0.4, -0.2) is 48.6 Å². The third-order valence-corrected chi connectivity index (χ3v) is 5.92. The lowest BCUT2D eigenvalue weighted by molar-refractivity contribution is -0.361. The normalized spacial score (nSPS) is 13.1. The molecule has 0 fully saturated rings. The molecule has 182 valence electrons. The summed E-state index contributed by atoms with van der Waals surface area (Å²) in [6.45, 7) is 0. The number of esters is 2. The van der Waals surface area contributed by atoms with Crippen LogP contribution in [0.4, 0.5) is 26.3 Å². The van der Waals surface area contributed by atoms with Gasteiger partial charge in [0.1, 0.15) is 0 Å². The molecule has 0 aliphatic rings. The molecule has 1 rings (SSSR count). The summed E-state index contributed by atoms with van der Waals surface area (Å²) < 4.78 is 120. The molecule has 0 atom stereocenters. The minimum Gasteiger partial charge on any atom is -0.748 e. The van der Waals surface area contributed by atoms with Crippen LogP contribution in [0.1, 0.15) is 19.3 Å². The SMILES string of the molecule is O=C(CCCC(=O)OC(CS(=O)(=O)[O-])(C(F)(F)F)C(F)(F)F)Oc1c(Br)cc(Br)cc1Br. The van der Waals surface area contributed by atoms with E-state index in [9.17, 15) is 48.9 Å². The topological polar surface area (TPSA) is 110 Å². The summed E-state index contributed by atoms with van der Waals surface area (Å²) >= 11 is 9.40. The molecule has 0 amide bonds. The zero-order valence-electron chi connectivity index (χ0n) is 15.2. The number of rotatable bonds is 8. The van der Waals surface area contributed by atoms with Crippen LogP contribution in [0.3, 0.4) is 0 Å². The third kappa shape index (κ3) is 7.85. The van der Waals surface area contributed by atoms with E-state index in [1.807, 2.05) is 0 Å². The molecule has 0 N–H and O–H groups in total. The third-order valence-electron chi connectivity index (χ3n) is 3.52. The molecule has 17 heteroatoms. The van der Waals surface area contributed by atoms with Gasteiger partial charge in [0.2, 0.25) is 0 Å². The molecule has 32 heavy (non-hydrogen) atoms. The van der Waals surface area contributed by atoms with E-state index in [1.165, 1.54) is 12.1 Å². The molecular weight excluding hydrogens is 678 g/mol. The number of carbonyl (C=O) groups excluding carboxylic acids is 2. The van der Waals surface area contributed by atoms with Gasteiger partial charge in [0.15, 0.2) is 5.75 Å². The number of halogens is 9. The van der Waals surface area contributed by atoms with Crippen molar-refractivity contribution in [3.8, 4) is 5.75 Å². The van der Waals surface area contributed by atoms with E-state index < -0.39 is 65.0 Å². The first-order chi connectivity index (χ1) is 14.3. The highest BCUT2D eigenvalue weighted by molar-refractivity contribution is 9.11. The van der Waals surface area contributed by atoms with Crippen molar-refractivity contribution in [2.75, 3.05) is 5.75 Å². The molecule has 0 radical (unpaired) electrons. The van der Waals surface area contributed by atoms with Gasteiger partial charge in [0.25, 0.3) is 0 Å². The molecule has 0 bridgehead atoms. The highest BCUT2D eigenvalue weighted by atomic mass is 79.9. The first-order valence-corrected chi connectivity index (χ1v) is 11.9. The van der Waals surface area contributed by atoms with E-state index in [2.05, 4.69) is 52.5 Å². The van der Waals surface area contributed by atoms with Gasteiger partial charge in [-0.2, -0.15) is 26.3 Å². The molecule has 0 aromatic heterocycles. The summed E-state index contributed by atoms with van der Waals surface area (Å²) in [6, 6.07) is 3.03. The summed E-state index contributed by atoms with van der Waals surface area (Å²) in [7, 11) is -6.13. The van der Waals surface area contributed by atoms with Gasteiger partial charge in [-0.25, -0.2) is 8.42 Å². The van der Waals surface area contributed by atoms with Crippen LogP contribution in [-0.2, 0) is 24.4 Å². The molecule has 0 aliphatic heterocycles. The van der Waals surface area contributed by atoms with Crippen molar-refractivity contribution in [1.29, 1.82) is 0 Å². The largest absolute Gasteiger partial charge is 0.748 e. The zero-order chi connectivity index (χ0) is 25.1. The van der Waals surface area contributed by atoms with E-state index in [4.69, 9.17) is 4.74 Å². The number of hydrogen-bond acceptors (Lipinski definition) is 7. The maximum atomic E-state index is 13.1. The van der Waals surface area contributed by atoms with Crippen molar-refractivity contribution in [3.05, 3.63) is 25.6 Å². The molecule has 1 aromatic rings. The number of ether oxygens (including phenoxy) is 2. The maximum Gasteiger partial charge on any atom is 0.438 e. The fourth-order valence-electron chi connectivity index (χ4n) is 2.13. The summed E-state index contributed by atoms with van der Waals surface area (Å²) in [5.41, 5.74) is -5.55. The fraction of sp³-hybridized carbons (Fsp3) is 0.467. The van der Waals surface area contributed by atoms with Gasteiger partial charge in [0, 0.05) is 17.3 Å². The average molecular weight is 688 g/mol. The zero-order valence-corrected chi connectivity index (χ0v) is 20.7. The molecule has 7 nitrogen and oxygen atoms in total. The Bertz CT molecular complexity index is 942. The lowest BCUT2D eigenvalue weighted by Crippen LogP contribution is -2.63. The van der Waals surface area contributed by atoms with Crippen LogP contribution in [0.15, 0.2) is 25.6 Å². The molecule has 0 heterocycles. The van der Waals surface area contributed by atoms with Gasteiger partial charge >= 0.3 is 29.9 Å². The Labute approximate surface area is 201 Å². The maximum absolute atomic E-state index is 13.1. The van der Waals surface area contributed by atoms with Crippen LogP contribution < -0.4 is 4.74 Å². The van der Waals surface area contributed by atoms with E-state index >= 15 is 0 Å². The molecule has 0 aliphatic carbocycles. The second kappa shape index (κ2) is 10.6. The van der Waals surface area contributed by atoms with Gasteiger partial charge in [-0.3, -0.25) is 9.59 Å². The van der Waals surface area contributed by atoms with Crippen molar-refractivity contribution >= 4 is 69.8 Å². The predicted octanol–water partition coefficient (Wildman–Crippen LogP) is 5.00. The first-order valence-electron chi connectivity index (χ1n) is 7.93. The second-order valence-electron chi connectivity index (χ2n) is 6.02. The lowest BCUT2D eigenvalue weighted by atomic mass is 10.1. The second-order valence-corrected chi connectivity index (χ2v) is 10.1. The van der Waals surface area contributed by atoms with Crippen LogP contribution in [0, 0.1) is 0 Å². The Kier molecular flexibility index (Phi) is 9.62. The highest BCUT2D eigenvalue weighted by Gasteiger charge is 2.75. The van der Waals surface area contributed by atoms with Crippen molar-refractivity contribution in [2.24, 2.45) is 0 Å². The minimum atomic E-state index is -6.46. The van der Waals surface area contributed by atoms with Gasteiger partial charge in [0.05, 0.1) is 24.8 Å². The van der Waals surface area contributed by atoms with Crippen LogP contribution in [0.5, 0.6) is 5.75 Å². The van der Waals surface area contributed by atoms with Gasteiger partial charge in [-0.15, -0.1) is 0 Å². The molecule has 0 saturated carbocycles. The molecular formula is C15H10Br3F6O7S-. The number of hydrogen-bond donors (Lipinski definition) is 0. The van der Waals surface area contributed by atoms with Crippen LogP contribution in [0.2, 0.25) is 0 Å². The van der Waals surface area contributed by atoms with Crippen molar-refractivity contribution in [2.45, 2.75) is 37.2 Å². The minimum absolute atomic E-state index is 0.0228. The Morgan fingerprint density at radius 1 is 0.906 bits per heavy atom. The fourth-order valence-corrected chi connectivity index (χ4v) is 5.44. The van der Waals surface area contributed by atoms with Crippen molar-refractivity contribution in [3.63, 3.8) is 0 Å². The Hall–Kier alpha value is -0.910. The molecule has 0 saturated heterocycles. The van der Waals surface area contributed by atoms with Crippen LogP contribution >= 0.6 is 47.8 Å². The lowest BCUT2D eigenvalue weighted by Gasteiger charge is -2.36. The van der Waals surface area contributed by atoms with E-state index in [0.717, 1.165) is 0 Å². The Morgan fingerprint density at radius 3 is 1.75 bits per heavy atom. The quantitative estimate of drug-likeness (QED) is 0.164. The highest BCUT2D eigenvalue weighted by Crippen LogP contribution is 2.47. The number of alkyl halides is 6. The molecule has 0 spiro atoms. The van der Waals surface area contributed by atoms with Gasteiger partial charge < -0.3 is 14.0 Å². The molecule has 1 aromatic carbocycles. The number of carbonyl (C=O) groups is 2. The summed E-state index contributed by atoms with van der Waals surface area (Å²) in [5, 5.41) is 0. The van der Waals surface area contributed by atoms with Crippen molar-refractivity contribution in [1.82, 2.24) is 0 Å². The van der Waals surface area contributed by atoms with E-state index in [-0.39, 0.29) is 5.75 Å². The van der Waals surface area contributed by atoms with E-state index in [1.54, 1.807) is 0 Å². The smallest absolute Gasteiger partial charge is 0.438 e. The monoisotopic (exact) mass is 685 g/mol. The Morgan fingerprint density at radius 2 is 1.34 bits per heavy atom. The Balaban J connectivity index is 2.87. The van der Waals surface area contributed by atoms with Crippen molar-refractivity contribution < 1.29 is 58.4 Å². The summed E-state index contributed by atoms with van der Waals surface area (Å²) in [6.07, 6.45) is -15.3. The summed E-state index contributed by atoms with van der Waals surface area (Å²) in [5.74, 6) is -6.18.